The Bertz CT molecular complexity index is 766. The van der Waals surface area contributed by atoms with E-state index in [2.05, 4.69) is 15.5 Å². The Morgan fingerprint density at radius 2 is 2.00 bits per heavy atom. The van der Waals surface area contributed by atoms with E-state index in [0.717, 1.165) is 4.68 Å². The number of aryl methyl sites for hydroxylation is 2. The molecule has 0 aliphatic rings. The molecule has 2 aromatic rings. The van der Waals surface area contributed by atoms with Crippen LogP contribution in [0.1, 0.15) is 32.2 Å². The maximum absolute atomic E-state index is 12.5. The number of anilines is 1. The van der Waals surface area contributed by atoms with E-state index in [1.54, 1.807) is 6.92 Å². The molecule has 0 unspecified atom stereocenters. The lowest BCUT2D eigenvalue weighted by Gasteiger charge is -2.06. The number of aromatic carboxylic acids is 1. The van der Waals surface area contributed by atoms with Gasteiger partial charge in [0.05, 0.1) is 17.1 Å². The molecule has 2 rings (SSSR count). The minimum atomic E-state index is -2.58. The fraction of sp³-hybridized carbons (Fsp3) is 0.385. The topological polar surface area (TPSA) is 102 Å². The molecule has 0 aliphatic heterocycles. The maximum atomic E-state index is 12.5. The predicted molar refractivity (Wildman–Crippen MR) is 75.8 cm³/mol. The molecular formula is C13H15F2N5O3. The molecule has 8 nitrogen and oxygen atoms in total. The van der Waals surface area contributed by atoms with Crippen LogP contribution in [0.25, 0.3) is 0 Å². The van der Waals surface area contributed by atoms with Gasteiger partial charge in [-0.15, -0.1) is 0 Å². The van der Waals surface area contributed by atoms with Crippen molar-refractivity contribution >= 4 is 17.6 Å². The van der Waals surface area contributed by atoms with E-state index in [-0.39, 0.29) is 16.9 Å². The van der Waals surface area contributed by atoms with Gasteiger partial charge in [-0.05, 0) is 13.8 Å². The van der Waals surface area contributed by atoms with Crippen LogP contribution in [0.3, 0.4) is 0 Å². The van der Waals surface area contributed by atoms with Gasteiger partial charge in [-0.25, -0.2) is 13.6 Å². The van der Waals surface area contributed by atoms with Crippen molar-refractivity contribution in [2.45, 2.75) is 26.8 Å². The number of carbonyl (C=O) groups excluding carboxylic acids is 1. The van der Waals surface area contributed by atoms with Crippen LogP contribution in [-0.2, 0) is 13.6 Å². The number of carboxylic acid groups (broad SMARTS) is 1. The summed E-state index contributed by atoms with van der Waals surface area (Å²) in [5, 5.41) is 19.3. The monoisotopic (exact) mass is 327 g/mol. The van der Waals surface area contributed by atoms with Crippen LogP contribution in [0.15, 0.2) is 6.20 Å². The van der Waals surface area contributed by atoms with Crippen molar-refractivity contribution in [2.75, 3.05) is 5.32 Å². The average molecular weight is 327 g/mol. The molecule has 0 spiro atoms. The van der Waals surface area contributed by atoms with Gasteiger partial charge in [0.15, 0.2) is 5.69 Å². The maximum Gasteiger partial charge on any atom is 0.339 e. The molecule has 10 heteroatoms. The molecule has 0 radical (unpaired) electrons. The van der Waals surface area contributed by atoms with Crippen molar-refractivity contribution in [3.05, 3.63) is 28.8 Å². The molecule has 1 amide bonds. The highest BCUT2D eigenvalue weighted by Crippen LogP contribution is 2.21. The van der Waals surface area contributed by atoms with Crippen LogP contribution in [0.4, 0.5) is 14.5 Å². The first-order valence-corrected chi connectivity index (χ1v) is 6.61. The van der Waals surface area contributed by atoms with Gasteiger partial charge in [0.1, 0.15) is 12.1 Å². The summed E-state index contributed by atoms with van der Waals surface area (Å²) in [6.07, 6.45) is -1.37. The van der Waals surface area contributed by atoms with Crippen molar-refractivity contribution in [3.63, 3.8) is 0 Å². The quantitative estimate of drug-likeness (QED) is 0.865. The molecule has 23 heavy (non-hydrogen) atoms. The van der Waals surface area contributed by atoms with Gasteiger partial charge in [0, 0.05) is 13.2 Å². The third-order valence-corrected chi connectivity index (χ3v) is 3.21. The van der Waals surface area contributed by atoms with Crippen molar-refractivity contribution < 1.29 is 23.5 Å². The Labute approximate surface area is 129 Å². The zero-order chi connectivity index (χ0) is 17.3. The first-order chi connectivity index (χ1) is 10.7. The number of alkyl halides is 2. The Kier molecular flexibility index (Phi) is 4.43. The van der Waals surface area contributed by atoms with E-state index >= 15 is 0 Å². The molecule has 124 valence electrons. The summed E-state index contributed by atoms with van der Waals surface area (Å²) in [4.78, 5) is 23.4. The average Bonchev–Trinajstić information content (AvgIpc) is 2.94. The molecule has 0 bridgehead atoms. The summed E-state index contributed by atoms with van der Waals surface area (Å²) in [6, 6.07) is 0. The van der Waals surface area contributed by atoms with Crippen LogP contribution < -0.4 is 5.32 Å². The summed E-state index contributed by atoms with van der Waals surface area (Å²) in [6.45, 7) is 2.50. The third-order valence-electron chi connectivity index (χ3n) is 3.21. The van der Waals surface area contributed by atoms with E-state index in [0.29, 0.717) is 11.4 Å². The zero-order valence-electron chi connectivity index (χ0n) is 12.7. The summed E-state index contributed by atoms with van der Waals surface area (Å²) in [7, 11) is 1.49. The number of amides is 1. The van der Waals surface area contributed by atoms with E-state index in [4.69, 9.17) is 5.11 Å². The molecule has 0 saturated carbocycles. The summed E-state index contributed by atoms with van der Waals surface area (Å²) < 4.78 is 27.3. The molecular weight excluding hydrogens is 312 g/mol. The Hall–Kier alpha value is -2.78. The van der Waals surface area contributed by atoms with Crippen molar-refractivity contribution in [3.8, 4) is 0 Å². The van der Waals surface area contributed by atoms with E-state index in [1.165, 1.54) is 24.9 Å². The van der Waals surface area contributed by atoms with Crippen molar-refractivity contribution in [1.82, 2.24) is 19.6 Å². The normalized spacial score (nSPS) is 11.0. The number of nitrogens with zero attached hydrogens (tertiary/aromatic N) is 4. The third kappa shape index (κ3) is 3.35. The highest BCUT2D eigenvalue weighted by Gasteiger charge is 2.23. The number of halogens is 2. The van der Waals surface area contributed by atoms with Gasteiger partial charge >= 0.3 is 5.97 Å². The van der Waals surface area contributed by atoms with Gasteiger partial charge < -0.3 is 10.4 Å². The highest BCUT2D eigenvalue weighted by atomic mass is 19.3. The first-order valence-electron chi connectivity index (χ1n) is 6.61. The fourth-order valence-electron chi connectivity index (χ4n) is 2.17. The summed E-state index contributed by atoms with van der Waals surface area (Å²) in [5.74, 6) is -2.03. The smallest absolute Gasteiger partial charge is 0.339 e. The lowest BCUT2D eigenvalue weighted by atomic mass is 10.2. The molecule has 2 heterocycles. The lowest BCUT2D eigenvalue weighted by Crippen LogP contribution is -2.17. The minimum absolute atomic E-state index is 0.250. The standard InChI is InChI=1S/C13H15F2N5O3/c1-6-10(7(2)20(17-6)5-9(14)15)16-12(21)11-8(13(22)23)4-19(3)18-11/h4,9H,5H2,1-3H3,(H,16,21)(H,22,23). The highest BCUT2D eigenvalue weighted by molar-refractivity contribution is 6.09. The number of hydrogen-bond donors (Lipinski definition) is 2. The molecule has 2 N–H and O–H groups in total. The number of nitrogens with one attached hydrogen (secondary N) is 1. The van der Waals surface area contributed by atoms with Crippen LogP contribution in [-0.4, -0.2) is 43.0 Å². The lowest BCUT2D eigenvalue weighted by molar-refractivity contribution is 0.0692. The summed E-state index contributed by atoms with van der Waals surface area (Å²) in [5.41, 5.74) is 0.451. The Balaban J connectivity index is 2.31. The minimum Gasteiger partial charge on any atom is -0.478 e. The SMILES string of the molecule is Cc1nn(CC(F)F)c(C)c1NC(=O)c1nn(C)cc1C(=O)O. The van der Waals surface area contributed by atoms with Crippen LogP contribution in [0, 0.1) is 13.8 Å². The Morgan fingerprint density at radius 3 is 2.57 bits per heavy atom. The van der Waals surface area contributed by atoms with Gasteiger partial charge in [-0.2, -0.15) is 10.2 Å². The second kappa shape index (κ2) is 6.15. The number of carbonyl (C=O) groups is 2. The number of hydrogen-bond acceptors (Lipinski definition) is 4. The van der Waals surface area contributed by atoms with E-state index < -0.39 is 24.8 Å². The van der Waals surface area contributed by atoms with Gasteiger partial charge in [0.25, 0.3) is 12.3 Å². The number of aromatic nitrogens is 4. The van der Waals surface area contributed by atoms with E-state index in [1.807, 2.05) is 0 Å². The summed E-state index contributed by atoms with van der Waals surface area (Å²) >= 11 is 0. The fourth-order valence-corrected chi connectivity index (χ4v) is 2.17. The van der Waals surface area contributed by atoms with Crippen LogP contribution >= 0.6 is 0 Å². The first kappa shape index (κ1) is 16.6. The van der Waals surface area contributed by atoms with Gasteiger partial charge in [-0.1, -0.05) is 0 Å². The van der Waals surface area contributed by atoms with Crippen molar-refractivity contribution in [2.24, 2.45) is 7.05 Å². The second-order valence-corrected chi connectivity index (χ2v) is 4.94. The van der Waals surface area contributed by atoms with Crippen LogP contribution in [0.5, 0.6) is 0 Å². The zero-order valence-corrected chi connectivity index (χ0v) is 12.7. The van der Waals surface area contributed by atoms with Gasteiger partial charge in [0.2, 0.25) is 0 Å². The molecule has 0 aliphatic carbocycles. The molecule has 2 aromatic heterocycles. The predicted octanol–water partition coefficient (Wildman–Crippen LogP) is 1.45. The molecule has 0 atom stereocenters. The Morgan fingerprint density at radius 1 is 1.35 bits per heavy atom. The van der Waals surface area contributed by atoms with Crippen LogP contribution in [0.2, 0.25) is 0 Å². The largest absolute Gasteiger partial charge is 0.478 e. The molecule has 0 aromatic carbocycles. The van der Waals surface area contributed by atoms with Gasteiger partial charge in [-0.3, -0.25) is 14.2 Å². The molecule has 0 fully saturated rings. The van der Waals surface area contributed by atoms with E-state index in [9.17, 15) is 18.4 Å². The second-order valence-electron chi connectivity index (χ2n) is 4.94. The van der Waals surface area contributed by atoms with Crippen molar-refractivity contribution in [1.29, 1.82) is 0 Å². The number of carboxylic acids is 1. The number of rotatable bonds is 5. The molecule has 0 saturated heterocycles.